The predicted octanol–water partition coefficient (Wildman–Crippen LogP) is 4.85. The molecule has 1 aromatic rings. The molecule has 0 unspecified atom stereocenters. The Morgan fingerprint density at radius 1 is 1.12 bits per heavy atom. The van der Waals surface area contributed by atoms with Crippen LogP contribution in [0.2, 0.25) is 0 Å². The van der Waals surface area contributed by atoms with Crippen molar-refractivity contribution in [1.82, 2.24) is 0 Å². The highest BCUT2D eigenvalue weighted by Gasteiger charge is 2.29. The molecule has 1 rings (SSSR count). The van der Waals surface area contributed by atoms with Gasteiger partial charge in [0.1, 0.15) is 0 Å². The van der Waals surface area contributed by atoms with E-state index < -0.39 is 12.6 Å². The van der Waals surface area contributed by atoms with E-state index in [1.165, 1.54) is 6.07 Å². The van der Waals surface area contributed by atoms with E-state index >= 15 is 0 Å². The molecule has 1 aromatic carbocycles. The van der Waals surface area contributed by atoms with Gasteiger partial charge >= 0.3 is 6.18 Å². The minimum atomic E-state index is -4.16. The largest absolute Gasteiger partial charge is 0.393 e. The lowest BCUT2D eigenvalue weighted by Gasteiger charge is -2.20. The fraction of sp³-hybridized carbons (Fsp3) is 0.500. The maximum absolute atomic E-state index is 12.2. The average molecular weight is 295 g/mol. The van der Waals surface area contributed by atoms with Crippen LogP contribution in [0.4, 0.5) is 13.2 Å². The molecule has 0 radical (unpaired) electrons. The molecular formula is C12H14BrF3. The molecule has 0 bridgehead atoms. The van der Waals surface area contributed by atoms with E-state index in [4.69, 9.17) is 0 Å². The van der Waals surface area contributed by atoms with Crippen LogP contribution in [-0.4, -0.2) is 6.18 Å². The van der Waals surface area contributed by atoms with Crippen LogP contribution >= 0.6 is 15.9 Å². The molecule has 0 atom stereocenters. The van der Waals surface area contributed by atoms with Crippen molar-refractivity contribution in [2.45, 2.75) is 38.8 Å². The first-order valence-corrected chi connectivity index (χ1v) is 5.74. The summed E-state index contributed by atoms with van der Waals surface area (Å²) in [6, 6.07) is 5.06. The van der Waals surface area contributed by atoms with Crippen LogP contribution in [0.5, 0.6) is 0 Å². The third-order valence-electron chi connectivity index (χ3n) is 2.31. The molecule has 0 saturated carbocycles. The summed E-state index contributed by atoms with van der Waals surface area (Å²) in [7, 11) is 0. The first-order chi connectivity index (χ1) is 7.09. The quantitative estimate of drug-likeness (QED) is 0.694. The third kappa shape index (κ3) is 3.81. The van der Waals surface area contributed by atoms with Gasteiger partial charge in [-0.2, -0.15) is 13.2 Å². The highest BCUT2D eigenvalue weighted by molar-refractivity contribution is 9.10. The van der Waals surface area contributed by atoms with E-state index in [0.717, 1.165) is 5.56 Å². The normalized spacial score (nSPS) is 12.9. The van der Waals surface area contributed by atoms with Gasteiger partial charge < -0.3 is 0 Å². The van der Waals surface area contributed by atoms with Crippen LogP contribution < -0.4 is 0 Å². The second kappa shape index (κ2) is 4.40. The second-order valence-corrected chi connectivity index (χ2v) is 5.70. The van der Waals surface area contributed by atoms with Crippen LogP contribution in [-0.2, 0) is 11.8 Å². The summed E-state index contributed by atoms with van der Waals surface area (Å²) in [4.78, 5) is 0. The Morgan fingerprint density at radius 3 is 2.06 bits per heavy atom. The third-order valence-corrected chi connectivity index (χ3v) is 3.05. The van der Waals surface area contributed by atoms with Crippen LogP contribution in [0.25, 0.3) is 0 Å². The molecule has 0 aliphatic rings. The smallest absolute Gasteiger partial charge is 0.171 e. The zero-order valence-corrected chi connectivity index (χ0v) is 11.0. The van der Waals surface area contributed by atoms with Gasteiger partial charge in [-0.15, -0.1) is 0 Å². The Kier molecular flexibility index (Phi) is 3.72. The van der Waals surface area contributed by atoms with E-state index in [9.17, 15) is 13.2 Å². The van der Waals surface area contributed by atoms with Crippen LogP contribution in [0.15, 0.2) is 22.7 Å². The molecule has 0 aliphatic carbocycles. The first-order valence-electron chi connectivity index (χ1n) is 4.95. The van der Waals surface area contributed by atoms with Crippen molar-refractivity contribution >= 4 is 15.9 Å². The number of alkyl halides is 3. The van der Waals surface area contributed by atoms with Crippen LogP contribution in [0, 0.1) is 0 Å². The van der Waals surface area contributed by atoms with Crippen LogP contribution in [0.1, 0.15) is 31.9 Å². The standard InChI is InChI=1S/C12H14BrF3/c1-11(2,3)9-5-4-8(10(13)6-9)7-12(14,15)16/h4-6H,7H2,1-3H3. The van der Waals surface area contributed by atoms with Gasteiger partial charge in [-0.25, -0.2) is 0 Å². The molecule has 0 aromatic heterocycles. The Labute approximate surface area is 102 Å². The monoisotopic (exact) mass is 294 g/mol. The molecule has 16 heavy (non-hydrogen) atoms. The highest BCUT2D eigenvalue weighted by Crippen LogP contribution is 2.30. The molecule has 0 amide bonds. The minimum absolute atomic E-state index is 0.0563. The molecule has 0 heterocycles. The maximum Gasteiger partial charge on any atom is 0.393 e. The van der Waals surface area contributed by atoms with Gasteiger partial charge in [0, 0.05) is 4.47 Å². The lowest BCUT2D eigenvalue weighted by molar-refractivity contribution is -0.127. The van der Waals surface area contributed by atoms with Crippen molar-refractivity contribution in [2.75, 3.05) is 0 Å². The summed E-state index contributed by atoms with van der Waals surface area (Å²) in [5, 5.41) is 0. The molecule has 0 spiro atoms. The minimum Gasteiger partial charge on any atom is -0.171 e. The van der Waals surface area contributed by atoms with Crippen molar-refractivity contribution < 1.29 is 13.2 Å². The molecule has 0 saturated heterocycles. The molecule has 0 fully saturated rings. The lowest BCUT2D eigenvalue weighted by Crippen LogP contribution is -2.14. The molecule has 4 heteroatoms. The van der Waals surface area contributed by atoms with Gasteiger partial charge in [-0.05, 0) is 22.6 Å². The number of hydrogen-bond donors (Lipinski definition) is 0. The number of halogens is 4. The number of hydrogen-bond acceptors (Lipinski definition) is 0. The topological polar surface area (TPSA) is 0 Å². The maximum atomic E-state index is 12.2. The summed E-state index contributed by atoms with van der Waals surface area (Å²) < 4.78 is 37.2. The summed E-state index contributed by atoms with van der Waals surface area (Å²) in [6.07, 6.45) is -5.05. The summed E-state index contributed by atoms with van der Waals surface area (Å²) >= 11 is 3.19. The van der Waals surface area contributed by atoms with Gasteiger partial charge in [0.2, 0.25) is 0 Å². The summed E-state index contributed by atoms with van der Waals surface area (Å²) in [6.45, 7) is 6.08. The first kappa shape index (κ1) is 13.6. The zero-order chi connectivity index (χ0) is 12.6. The second-order valence-electron chi connectivity index (χ2n) is 4.85. The zero-order valence-electron chi connectivity index (χ0n) is 9.45. The summed E-state index contributed by atoms with van der Waals surface area (Å²) in [5.41, 5.74) is 1.24. The van der Waals surface area contributed by atoms with E-state index in [-0.39, 0.29) is 11.0 Å². The fourth-order valence-electron chi connectivity index (χ4n) is 1.37. The predicted molar refractivity (Wildman–Crippen MR) is 62.6 cm³/mol. The van der Waals surface area contributed by atoms with E-state index in [1.54, 1.807) is 12.1 Å². The van der Waals surface area contributed by atoms with E-state index in [2.05, 4.69) is 15.9 Å². The van der Waals surface area contributed by atoms with Crippen LogP contribution in [0.3, 0.4) is 0 Å². The highest BCUT2D eigenvalue weighted by atomic mass is 79.9. The Bertz CT molecular complexity index is 375. The molecule has 0 N–H and O–H groups in total. The Balaban J connectivity index is 3.01. The Morgan fingerprint density at radius 2 is 1.69 bits per heavy atom. The molecular weight excluding hydrogens is 281 g/mol. The van der Waals surface area contributed by atoms with Crippen molar-refractivity contribution in [1.29, 1.82) is 0 Å². The summed E-state index contributed by atoms with van der Waals surface area (Å²) in [5.74, 6) is 0. The number of rotatable bonds is 1. The van der Waals surface area contributed by atoms with Crippen molar-refractivity contribution in [3.05, 3.63) is 33.8 Å². The van der Waals surface area contributed by atoms with Crippen molar-refractivity contribution in [3.63, 3.8) is 0 Å². The van der Waals surface area contributed by atoms with Gasteiger partial charge in [0.15, 0.2) is 0 Å². The number of benzene rings is 1. The Hall–Kier alpha value is -0.510. The van der Waals surface area contributed by atoms with Gasteiger partial charge in [-0.1, -0.05) is 48.8 Å². The van der Waals surface area contributed by atoms with Crippen molar-refractivity contribution in [3.8, 4) is 0 Å². The molecule has 0 aliphatic heterocycles. The lowest BCUT2D eigenvalue weighted by atomic mass is 9.86. The van der Waals surface area contributed by atoms with E-state index in [0.29, 0.717) is 4.47 Å². The van der Waals surface area contributed by atoms with Crippen molar-refractivity contribution in [2.24, 2.45) is 0 Å². The molecule has 90 valence electrons. The van der Waals surface area contributed by atoms with Gasteiger partial charge in [-0.3, -0.25) is 0 Å². The van der Waals surface area contributed by atoms with E-state index in [1.807, 2.05) is 20.8 Å². The van der Waals surface area contributed by atoms with Gasteiger partial charge in [0.25, 0.3) is 0 Å². The average Bonchev–Trinajstić information content (AvgIpc) is 2.04. The SMILES string of the molecule is CC(C)(C)c1ccc(CC(F)(F)F)c(Br)c1. The fourth-order valence-corrected chi connectivity index (χ4v) is 1.89. The van der Waals surface area contributed by atoms with Gasteiger partial charge in [0.05, 0.1) is 6.42 Å². The molecule has 0 nitrogen and oxygen atoms in total.